The van der Waals surface area contributed by atoms with Gasteiger partial charge in [-0.3, -0.25) is 9.69 Å². The molecule has 0 unspecified atom stereocenters. The van der Waals surface area contributed by atoms with Crippen molar-refractivity contribution >= 4 is 45.4 Å². The van der Waals surface area contributed by atoms with E-state index in [9.17, 15) is 4.79 Å². The van der Waals surface area contributed by atoms with Crippen LogP contribution >= 0.6 is 34.5 Å². The fraction of sp³-hybridized carbons (Fsp3) is 0.318. The number of benzene rings is 1. The van der Waals surface area contributed by atoms with Crippen LogP contribution in [0.25, 0.3) is 0 Å². The molecule has 0 saturated carbocycles. The van der Waals surface area contributed by atoms with Gasteiger partial charge in [0.15, 0.2) is 5.76 Å². The smallest absolute Gasteiger partial charge is 0.291 e. The van der Waals surface area contributed by atoms with Gasteiger partial charge in [-0.2, -0.15) is 0 Å². The number of likely N-dealkylation sites (tertiary alicyclic amines) is 1. The van der Waals surface area contributed by atoms with Gasteiger partial charge in [-0.05, 0) is 68.8 Å². The molecule has 3 heterocycles. The zero-order valence-electron chi connectivity index (χ0n) is 16.1. The summed E-state index contributed by atoms with van der Waals surface area (Å²) >= 11 is 14.3. The lowest BCUT2D eigenvalue weighted by molar-refractivity contribution is 0.0996. The number of hydrogen-bond donors (Lipinski definition) is 1. The summed E-state index contributed by atoms with van der Waals surface area (Å²) in [5.41, 5.74) is 2.06. The van der Waals surface area contributed by atoms with Crippen molar-refractivity contribution in [3.05, 3.63) is 74.5 Å². The summed E-state index contributed by atoms with van der Waals surface area (Å²) in [5.74, 6) is 0.0405. The maximum atomic E-state index is 12.6. The molecule has 152 valence electrons. The second kappa shape index (κ2) is 8.92. The van der Waals surface area contributed by atoms with Crippen LogP contribution in [0, 0.1) is 6.92 Å². The van der Waals surface area contributed by atoms with Gasteiger partial charge in [0, 0.05) is 20.5 Å². The van der Waals surface area contributed by atoms with Crippen molar-refractivity contribution < 1.29 is 9.21 Å². The third-order valence-electron chi connectivity index (χ3n) is 5.16. The molecule has 1 atom stereocenters. The number of carbonyl (C=O) groups is 1. The number of aryl methyl sites for hydroxylation is 1. The Labute approximate surface area is 184 Å². The topological polar surface area (TPSA) is 45.5 Å². The summed E-state index contributed by atoms with van der Waals surface area (Å²) in [6, 6.07) is 11.1. The van der Waals surface area contributed by atoms with E-state index in [1.54, 1.807) is 29.5 Å². The second-order valence-corrected chi connectivity index (χ2v) is 9.34. The van der Waals surface area contributed by atoms with Crippen LogP contribution in [0.5, 0.6) is 0 Å². The quantitative estimate of drug-likeness (QED) is 0.467. The van der Waals surface area contributed by atoms with Gasteiger partial charge >= 0.3 is 0 Å². The van der Waals surface area contributed by atoms with E-state index in [0.717, 1.165) is 46.9 Å². The molecule has 1 saturated heterocycles. The van der Waals surface area contributed by atoms with Gasteiger partial charge in [-0.1, -0.05) is 35.7 Å². The number of amides is 1. The molecule has 0 radical (unpaired) electrons. The predicted octanol–water partition coefficient (Wildman–Crippen LogP) is 6.78. The lowest BCUT2D eigenvalue weighted by Crippen LogP contribution is -2.34. The van der Waals surface area contributed by atoms with Crippen molar-refractivity contribution in [2.24, 2.45) is 0 Å². The van der Waals surface area contributed by atoms with E-state index in [1.807, 2.05) is 19.1 Å². The summed E-state index contributed by atoms with van der Waals surface area (Å²) in [4.78, 5) is 16.2. The largest absolute Gasteiger partial charge is 0.459 e. The van der Waals surface area contributed by atoms with Crippen LogP contribution in [0.3, 0.4) is 0 Å². The molecule has 1 fully saturated rings. The van der Waals surface area contributed by atoms with E-state index >= 15 is 0 Å². The summed E-state index contributed by atoms with van der Waals surface area (Å²) in [6.07, 6.45) is 5.04. The van der Waals surface area contributed by atoms with Crippen molar-refractivity contribution in [2.75, 3.05) is 18.4 Å². The third-order valence-corrected chi connectivity index (χ3v) is 6.71. The van der Waals surface area contributed by atoms with Crippen LogP contribution in [0.2, 0.25) is 10.0 Å². The SMILES string of the molecule is Cc1cc([C@@H](c2ccc(Cl)cc2Cl)N2CCCCC2)c(NC(=O)c2ccco2)s1. The van der Waals surface area contributed by atoms with E-state index in [4.69, 9.17) is 27.6 Å². The highest BCUT2D eigenvalue weighted by atomic mass is 35.5. The molecular weight excluding hydrogens is 427 g/mol. The molecule has 0 aliphatic carbocycles. The number of thiophene rings is 1. The Hall–Kier alpha value is -1.79. The Bertz CT molecular complexity index is 994. The van der Waals surface area contributed by atoms with Gasteiger partial charge in [0.2, 0.25) is 0 Å². The van der Waals surface area contributed by atoms with Gasteiger partial charge in [0.25, 0.3) is 5.91 Å². The molecule has 1 aromatic carbocycles. The Morgan fingerprint density at radius 2 is 1.93 bits per heavy atom. The highest BCUT2D eigenvalue weighted by molar-refractivity contribution is 7.16. The first-order valence-electron chi connectivity index (χ1n) is 9.67. The van der Waals surface area contributed by atoms with Crippen molar-refractivity contribution in [2.45, 2.75) is 32.2 Å². The van der Waals surface area contributed by atoms with Gasteiger partial charge in [-0.15, -0.1) is 11.3 Å². The number of furan rings is 1. The number of piperidine rings is 1. The minimum Gasteiger partial charge on any atom is -0.459 e. The Morgan fingerprint density at radius 1 is 1.14 bits per heavy atom. The molecule has 1 amide bonds. The number of halogens is 2. The first-order valence-corrected chi connectivity index (χ1v) is 11.2. The average molecular weight is 449 g/mol. The normalized spacial score (nSPS) is 16.0. The van der Waals surface area contributed by atoms with E-state index in [-0.39, 0.29) is 11.9 Å². The highest BCUT2D eigenvalue weighted by Crippen LogP contribution is 2.42. The molecule has 3 aromatic rings. The molecule has 2 aromatic heterocycles. The summed E-state index contributed by atoms with van der Waals surface area (Å²) in [7, 11) is 0. The monoisotopic (exact) mass is 448 g/mol. The molecule has 0 bridgehead atoms. The highest BCUT2D eigenvalue weighted by Gasteiger charge is 2.30. The third kappa shape index (κ3) is 4.53. The fourth-order valence-electron chi connectivity index (χ4n) is 3.87. The minimum absolute atomic E-state index is 0.0445. The Balaban J connectivity index is 1.75. The molecule has 1 aliphatic heterocycles. The maximum absolute atomic E-state index is 12.6. The first-order chi connectivity index (χ1) is 14.0. The molecule has 1 aliphatic rings. The maximum Gasteiger partial charge on any atom is 0.291 e. The van der Waals surface area contributed by atoms with E-state index < -0.39 is 0 Å². The van der Waals surface area contributed by atoms with Crippen molar-refractivity contribution in [1.29, 1.82) is 0 Å². The lowest BCUT2D eigenvalue weighted by atomic mass is 9.96. The van der Waals surface area contributed by atoms with Crippen LogP contribution in [0.15, 0.2) is 47.1 Å². The standard InChI is InChI=1S/C22H22Cl2N2O2S/c1-14-12-17(22(29-14)25-21(27)19-6-5-11-28-19)20(26-9-3-2-4-10-26)16-8-7-15(23)13-18(16)24/h5-8,11-13,20H,2-4,9-10H2,1H3,(H,25,27)/t20-/m1/s1. The predicted molar refractivity (Wildman–Crippen MR) is 119 cm³/mol. The van der Waals surface area contributed by atoms with Crippen LogP contribution in [0.1, 0.15) is 51.9 Å². The Kier molecular flexibility index (Phi) is 6.30. The second-order valence-electron chi connectivity index (χ2n) is 7.24. The number of anilines is 1. The molecule has 4 rings (SSSR count). The van der Waals surface area contributed by atoms with Crippen molar-refractivity contribution in [3.63, 3.8) is 0 Å². The molecular formula is C22H22Cl2N2O2S. The van der Waals surface area contributed by atoms with E-state index in [0.29, 0.717) is 15.8 Å². The fourth-order valence-corrected chi connectivity index (χ4v) is 5.32. The van der Waals surface area contributed by atoms with Crippen LogP contribution in [-0.2, 0) is 0 Å². The number of nitrogens with zero attached hydrogens (tertiary/aromatic N) is 1. The van der Waals surface area contributed by atoms with Crippen molar-refractivity contribution in [3.8, 4) is 0 Å². The molecule has 0 spiro atoms. The first kappa shape index (κ1) is 20.5. The van der Waals surface area contributed by atoms with Crippen LogP contribution in [-0.4, -0.2) is 23.9 Å². The van der Waals surface area contributed by atoms with Gasteiger partial charge in [-0.25, -0.2) is 0 Å². The summed E-state index contributed by atoms with van der Waals surface area (Å²) in [6.45, 7) is 4.03. The zero-order chi connectivity index (χ0) is 20.4. The van der Waals surface area contributed by atoms with Gasteiger partial charge in [0.05, 0.1) is 12.3 Å². The number of carbonyl (C=O) groups excluding carboxylic acids is 1. The van der Waals surface area contributed by atoms with E-state index in [2.05, 4.69) is 16.3 Å². The summed E-state index contributed by atoms with van der Waals surface area (Å²) < 4.78 is 5.25. The minimum atomic E-state index is -0.252. The van der Waals surface area contributed by atoms with Gasteiger partial charge in [0.1, 0.15) is 5.00 Å². The average Bonchev–Trinajstić information content (AvgIpc) is 3.35. The lowest BCUT2D eigenvalue weighted by Gasteiger charge is -2.35. The molecule has 29 heavy (non-hydrogen) atoms. The number of rotatable bonds is 5. The van der Waals surface area contributed by atoms with Crippen molar-refractivity contribution in [1.82, 2.24) is 4.90 Å². The van der Waals surface area contributed by atoms with Crippen LogP contribution < -0.4 is 5.32 Å². The molecule has 4 nitrogen and oxygen atoms in total. The molecule has 7 heteroatoms. The number of nitrogens with one attached hydrogen (secondary N) is 1. The zero-order valence-corrected chi connectivity index (χ0v) is 18.4. The van der Waals surface area contributed by atoms with Crippen LogP contribution in [0.4, 0.5) is 5.00 Å². The summed E-state index contributed by atoms with van der Waals surface area (Å²) in [5, 5.41) is 5.12. The van der Waals surface area contributed by atoms with Gasteiger partial charge < -0.3 is 9.73 Å². The Morgan fingerprint density at radius 3 is 2.62 bits per heavy atom. The van der Waals surface area contributed by atoms with E-state index in [1.165, 1.54) is 12.7 Å². The number of hydrogen-bond acceptors (Lipinski definition) is 4. The molecule has 1 N–H and O–H groups in total.